The molecule has 0 bridgehead atoms. The van der Waals surface area contributed by atoms with Gasteiger partial charge in [-0.3, -0.25) is 9.36 Å². The molecule has 35 heavy (non-hydrogen) atoms. The first-order chi connectivity index (χ1) is 17.2. The predicted molar refractivity (Wildman–Crippen MR) is 134 cm³/mol. The molecule has 0 spiro atoms. The van der Waals surface area contributed by atoms with E-state index < -0.39 is 0 Å². The van der Waals surface area contributed by atoms with Gasteiger partial charge in [-0.15, -0.1) is 10.2 Å². The number of hydrogen-bond donors (Lipinski definition) is 1. The standard InChI is InChI=1S/C26H26N4O4S/c1-32-21-10-8-19(9-11-21)16-27-25(31)18-35-26-29-28-24(30(26)20-6-4-3-5-7-20)17-34-23-14-12-22(33-2)13-15-23/h3-15H,16-18H2,1-2H3,(H,27,31). The number of para-hydroxylation sites is 1. The van der Waals surface area contributed by atoms with E-state index in [1.54, 1.807) is 14.2 Å². The number of carbonyl (C=O) groups is 1. The number of amides is 1. The number of hydrogen-bond acceptors (Lipinski definition) is 7. The van der Waals surface area contributed by atoms with Gasteiger partial charge >= 0.3 is 0 Å². The maximum Gasteiger partial charge on any atom is 0.230 e. The lowest BCUT2D eigenvalue weighted by Gasteiger charge is -2.11. The molecular formula is C26H26N4O4S. The lowest BCUT2D eigenvalue weighted by molar-refractivity contribution is -0.118. The third-order valence-corrected chi connectivity index (χ3v) is 6.05. The van der Waals surface area contributed by atoms with Gasteiger partial charge in [0, 0.05) is 12.2 Å². The first-order valence-electron chi connectivity index (χ1n) is 11.0. The molecular weight excluding hydrogens is 464 g/mol. The molecule has 4 aromatic rings. The maximum atomic E-state index is 12.5. The third-order valence-electron chi connectivity index (χ3n) is 5.12. The van der Waals surface area contributed by atoms with Crippen molar-refractivity contribution in [2.45, 2.75) is 18.3 Å². The third kappa shape index (κ3) is 6.54. The van der Waals surface area contributed by atoms with Crippen molar-refractivity contribution in [3.8, 4) is 22.9 Å². The zero-order chi connectivity index (χ0) is 24.5. The van der Waals surface area contributed by atoms with E-state index >= 15 is 0 Å². The van der Waals surface area contributed by atoms with Crippen molar-refractivity contribution in [1.82, 2.24) is 20.1 Å². The molecule has 3 aromatic carbocycles. The molecule has 0 aliphatic rings. The fourth-order valence-electron chi connectivity index (χ4n) is 3.27. The SMILES string of the molecule is COc1ccc(CNC(=O)CSc2nnc(COc3ccc(OC)cc3)n2-c2ccccc2)cc1. The van der Waals surface area contributed by atoms with Crippen LogP contribution in [0.15, 0.2) is 84.0 Å². The van der Waals surface area contributed by atoms with Gasteiger partial charge in [-0.1, -0.05) is 42.1 Å². The Kier molecular flexibility index (Phi) is 8.24. The summed E-state index contributed by atoms with van der Waals surface area (Å²) in [7, 11) is 3.25. The number of carbonyl (C=O) groups excluding carboxylic acids is 1. The highest BCUT2D eigenvalue weighted by Crippen LogP contribution is 2.24. The number of ether oxygens (including phenoxy) is 3. The Labute approximate surface area is 208 Å². The van der Waals surface area contributed by atoms with Crippen molar-refractivity contribution in [2.24, 2.45) is 0 Å². The fourth-order valence-corrected chi connectivity index (χ4v) is 4.07. The molecule has 0 saturated carbocycles. The Balaban J connectivity index is 1.40. The summed E-state index contributed by atoms with van der Waals surface area (Å²) in [6.45, 7) is 0.661. The highest BCUT2D eigenvalue weighted by Gasteiger charge is 2.16. The highest BCUT2D eigenvalue weighted by molar-refractivity contribution is 7.99. The number of rotatable bonds is 11. The molecule has 0 atom stereocenters. The summed E-state index contributed by atoms with van der Waals surface area (Å²) in [4.78, 5) is 12.5. The second kappa shape index (κ2) is 11.9. The summed E-state index contributed by atoms with van der Waals surface area (Å²) < 4.78 is 18.2. The summed E-state index contributed by atoms with van der Waals surface area (Å²) in [6, 6.07) is 24.7. The molecule has 1 heterocycles. The number of benzene rings is 3. The van der Waals surface area contributed by atoms with E-state index in [-0.39, 0.29) is 18.3 Å². The van der Waals surface area contributed by atoms with Crippen molar-refractivity contribution in [3.05, 3.63) is 90.3 Å². The van der Waals surface area contributed by atoms with E-state index in [0.717, 1.165) is 22.7 Å². The zero-order valence-corrected chi connectivity index (χ0v) is 20.3. The van der Waals surface area contributed by atoms with Crippen LogP contribution < -0.4 is 19.5 Å². The van der Waals surface area contributed by atoms with Crippen LogP contribution in [0.4, 0.5) is 0 Å². The Morgan fingerprint density at radius 2 is 1.49 bits per heavy atom. The van der Waals surface area contributed by atoms with E-state index in [1.807, 2.05) is 83.4 Å². The summed E-state index contributed by atoms with van der Waals surface area (Å²) >= 11 is 1.32. The van der Waals surface area contributed by atoms with Crippen molar-refractivity contribution in [1.29, 1.82) is 0 Å². The molecule has 0 saturated heterocycles. The summed E-state index contributed by atoms with van der Waals surface area (Å²) in [6.07, 6.45) is 0. The van der Waals surface area contributed by atoms with E-state index in [9.17, 15) is 4.79 Å². The summed E-state index contributed by atoms with van der Waals surface area (Å²) in [5.74, 6) is 2.98. The van der Waals surface area contributed by atoms with Crippen molar-refractivity contribution in [2.75, 3.05) is 20.0 Å². The van der Waals surface area contributed by atoms with Gasteiger partial charge in [-0.25, -0.2) is 0 Å². The number of nitrogens with zero attached hydrogens (tertiary/aromatic N) is 3. The molecule has 0 unspecified atom stereocenters. The quantitative estimate of drug-likeness (QED) is 0.314. The minimum Gasteiger partial charge on any atom is -0.497 e. The fraction of sp³-hybridized carbons (Fsp3) is 0.192. The van der Waals surface area contributed by atoms with E-state index in [0.29, 0.717) is 23.3 Å². The Hall–Kier alpha value is -3.98. The first-order valence-corrected chi connectivity index (χ1v) is 11.9. The second-order valence-corrected chi connectivity index (χ2v) is 8.39. The van der Waals surface area contributed by atoms with Crippen LogP contribution in [-0.2, 0) is 17.9 Å². The number of aromatic nitrogens is 3. The topological polar surface area (TPSA) is 87.5 Å². The molecule has 8 nitrogen and oxygen atoms in total. The Bertz CT molecular complexity index is 1230. The Morgan fingerprint density at radius 1 is 0.857 bits per heavy atom. The smallest absolute Gasteiger partial charge is 0.230 e. The minimum atomic E-state index is -0.0931. The van der Waals surface area contributed by atoms with Crippen LogP contribution in [0.5, 0.6) is 17.2 Å². The van der Waals surface area contributed by atoms with Crippen LogP contribution in [0.3, 0.4) is 0 Å². The van der Waals surface area contributed by atoms with Crippen LogP contribution in [0.1, 0.15) is 11.4 Å². The highest BCUT2D eigenvalue weighted by atomic mass is 32.2. The van der Waals surface area contributed by atoms with E-state index in [4.69, 9.17) is 14.2 Å². The van der Waals surface area contributed by atoms with Gasteiger partial charge in [0.05, 0.1) is 20.0 Å². The van der Waals surface area contributed by atoms with Crippen LogP contribution in [0, 0.1) is 0 Å². The Morgan fingerprint density at radius 3 is 2.14 bits per heavy atom. The normalized spacial score (nSPS) is 10.6. The van der Waals surface area contributed by atoms with Crippen LogP contribution in [0.25, 0.3) is 5.69 Å². The molecule has 1 N–H and O–H groups in total. The average Bonchev–Trinajstić information content (AvgIpc) is 3.33. The lowest BCUT2D eigenvalue weighted by Crippen LogP contribution is -2.24. The molecule has 0 fully saturated rings. The molecule has 180 valence electrons. The van der Waals surface area contributed by atoms with Gasteiger partial charge < -0.3 is 19.5 Å². The van der Waals surface area contributed by atoms with E-state index in [2.05, 4.69) is 15.5 Å². The van der Waals surface area contributed by atoms with Crippen LogP contribution in [-0.4, -0.2) is 40.6 Å². The van der Waals surface area contributed by atoms with Crippen LogP contribution >= 0.6 is 11.8 Å². The van der Waals surface area contributed by atoms with E-state index in [1.165, 1.54) is 11.8 Å². The molecule has 1 amide bonds. The van der Waals surface area contributed by atoms with Gasteiger partial charge in [0.15, 0.2) is 11.0 Å². The molecule has 4 rings (SSSR count). The van der Waals surface area contributed by atoms with Crippen molar-refractivity contribution in [3.63, 3.8) is 0 Å². The molecule has 0 aliphatic carbocycles. The van der Waals surface area contributed by atoms with Crippen LogP contribution in [0.2, 0.25) is 0 Å². The van der Waals surface area contributed by atoms with Crippen molar-refractivity contribution < 1.29 is 19.0 Å². The number of nitrogens with one attached hydrogen (secondary N) is 1. The maximum absolute atomic E-state index is 12.5. The molecule has 0 aliphatic heterocycles. The van der Waals surface area contributed by atoms with Gasteiger partial charge in [0.25, 0.3) is 0 Å². The number of methoxy groups -OCH3 is 2. The van der Waals surface area contributed by atoms with Crippen molar-refractivity contribution >= 4 is 17.7 Å². The zero-order valence-electron chi connectivity index (χ0n) is 19.5. The predicted octanol–water partition coefficient (Wildman–Crippen LogP) is 4.27. The summed E-state index contributed by atoms with van der Waals surface area (Å²) in [5, 5.41) is 12.2. The largest absolute Gasteiger partial charge is 0.497 e. The average molecular weight is 491 g/mol. The lowest BCUT2D eigenvalue weighted by atomic mass is 10.2. The van der Waals surface area contributed by atoms with Gasteiger partial charge in [0.2, 0.25) is 5.91 Å². The monoisotopic (exact) mass is 490 g/mol. The minimum absolute atomic E-state index is 0.0931. The first kappa shape index (κ1) is 24.2. The second-order valence-electron chi connectivity index (χ2n) is 7.45. The molecule has 1 aromatic heterocycles. The van der Waals surface area contributed by atoms with Gasteiger partial charge in [0.1, 0.15) is 23.9 Å². The number of thioether (sulfide) groups is 1. The van der Waals surface area contributed by atoms with Gasteiger partial charge in [-0.2, -0.15) is 0 Å². The molecule has 9 heteroatoms. The van der Waals surface area contributed by atoms with Gasteiger partial charge in [-0.05, 0) is 54.1 Å². The molecule has 0 radical (unpaired) electrons. The summed E-state index contributed by atoms with van der Waals surface area (Å²) in [5.41, 5.74) is 1.89.